The van der Waals surface area contributed by atoms with Gasteiger partial charge < -0.3 is 21.1 Å². The second-order valence-corrected chi connectivity index (χ2v) is 7.72. The Morgan fingerprint density at radius 1 is 1.23 bits per heavy atom. The van der Waals surface area contributed by atoms with Gasteiger partial charge in [-0.2, -0.15) is 11.3 Å². The molecule has 2 aromatic heterocycles. The molecule has 0 saturated heterocycles. The van der Waals surface area contributed by atoms with Gasteiger partial charge >= 0.3 is 0 Å². The number of thiophene rings is 2. The Morgan fingerprint density at radius 3 is 2.69 bits per heavy atom. The van der Waals surface area contributed by atoms with E-state index in [9.17, 15) is 9.90 Å². The van der Waals surface area contributed by atoms with Crippen molar-refractivity contribution in [2.45, 2.75) is 25.9 Å². The number of aliphatic hydroxyl groups is 1. The first kappa shape index (κ1) is 20.4. The molecule has 0 aliphatic rings. The van der Waals surface area contributed by atoms with Crippen molar-refractivity contribution in [3.05, 3.63) is 44.8 Å². The lowest BCUT2D eigenvalue weighted by Crippen LogP contribution is -2.40. The van der Waals surface area contributed by atoms with E-state index < -0.39 is 5.60 Å². The summed E-state index contributed by atoms with van der Waals surface area (Å²) in [6.45, 7) is 6.04. The van der Waals surface area contributed by atoms with Gasteiger partial charge in [0.25, 0.3) is 5.91 Å². The maximum atomic E-state index is 11.8. The molecule has 26 heavy (non-hydrogen) atoms. The van der Waals surface area contributed by atoms with Crippen molar-refractivity contribution >= 4 is 34.5 Å². The molecule has 4 N–H and O–H groups in total. The summed E-state index contributed by atoms with van der Waals surface area (Å²) in [5.41, 5.74) is -0.116. The van der Waals surface area contributed by atoms with Crippen molar-refractivity contribution in [1.82, 2.24) is 16.0 Å². The molecule has 0 spiro atoms. The number of carbonyl (C=O) groups is 1. The summed E-state index contributed by atoms with van der Waals surface area (Å²) in [4.78, 5) is 17.0. The molecule has 0 saturated carbocycles. The van der Waals surface area contributed by atoms with Crippen LogP contribution in [0.3, 0.4) is 0 Å². The molecule has 142 valence electrons. The van der Waals surface area contributed by atoms with Crippen LogP contribution in [0.4, 0.5) is 0 Å². The molecule has 0 fully saturated rings. The molecule has 0 radical (unpaired) electrons. The third kappa shape index (κ3) is 6.44. The largest absolute Gasteiger partial charge is 0.383 e. The molecule has 0 aliphatic carbocycles. The van der Waals surface area contributed by atoms with Crippen LogP contribution >= 0.6 is 22.7 Å². The number of amides is 1. The van der Waals surface area contributed by atoms with E-state index in [0.717, 1.165) is 23.4 Å². The van der Waals surface area contributed by atoms with Crippen LogP contribution < -0.4 is 16.0 Å². The van der Waals surface area contributed by atoms with Gasteiger partial charge in [-0.15, -0.1) is 11.3 Å². The zero-order valence-corrected chi connectivity index (χ0v) is 16.8. The number of rotatable bonds is 9. The van der Waals surface area contributed by atoms with Crippen molar-refractivity contribution in [2.24, 2.45) is 4.99 Å². The number of hydrogen-bond acceptors (Lipinski definition) is 5. The van der Waals surface area contributed by atoms with Crippen LogP contribution in [-0.2, 0) is 5.60 Å². The monoisotopic (exact) mass is 394 g/mol. The summed E-state index contributed by atoms with van der Waals surface area (Å²) in [6.07, 6.45) is 0.780. The average Bonchev–Trinajstić information content (AvgIpc) is 3.32. The van der Waals surface area contributed by atoms with E-state index in [1.807, 2.05) is 41.3 Å². The first-order valence-electron chi connectivity index (χ1n) is 8.62. The normalized spacial score (nSPS) is 13.9. The maximum Gasteiger partial charge on any atom is 0.261 e. The van der Waals surface area contributed by atoms with E-state index in [2.05, 4.69) is 20.9 Å². The summed E-state index contributed by atoms with van der Waals surface area (Å²) in [7, 11) is 0. The Kier molecular flexibility index (Phi) is 8.08. The molecular weight excluding hydrogens is 368 g/mol. The number of nitrogens with one attached hydrogen (secondary N) is 3. The summed E-state index contributed by atoms with van der Waals surface area (Å²) in [6, 6.07) is 5.59. The molecule has 1 unspecified atom stereocenters. The van der Waals surface area contributed by atoms with Gasteiger partial charge in [0, 0.05) is 19.6 Å². The Balaban J connectivity index is 1.74. The number of carbonyl (C=O) groups excluding carboxylic acids is 1. The minimum absolute atomic E-state index is 0.0348. The third-order valence-electron chi connectivity index (χ3n) is 3.71. The lowest BCUT2D eigenvalue weighted by molar-refractivity contribution is 0.0677. The van der Waals surface area contributed by atoms with Gasteiger partial charge in [-0.05, 0) is 54.1 Å². The van der Waals surface area contributed by atoms with Crippen LogP contribution in [0.15, 0.2) is 39.3 Å². The van der Waals surface area contributed by atoms with E-state index in [4.69, 9.17) is 0 Å². The Labute approximate surface area is 162 Å². The zero-order chi connectivity index (χ0) is 18.8. The Hall–Kier alpha value is -1.90. The van der Waals surface area contributed by atoms with E-state index >= 15 is 0 Å². The van der Waals surface area contributed by atoms with E-state index in [0.29, 0.717) is 19.0 Å². The van der Waals surface area contributed by atoms with Gasteiger partial charge in [0.1, 0.15) is 5.60 Å². The van der Waals surface area contributed by atoms with Crippen LogP contribution in [0.25, 0.3) is 0 Å². The summed E-state index contributed by atoms with van der Waals surface area (Å²) in [5.74, 6) is 0.625. The lowest BCUT2D eigenvalue weighted by Gasteiger charge is -2.21. The average molecular weight is 395 g/mol. The molecule has 2 rings (SSSR count). The molecule has 8 heteroatoms. The molecule has 0 aromatic carbocycles. The van der Waals surface area contributed by atoms with Gasteiger partial charge in [0.2, 0.25) is 0 Å². The fourth-order valence-corrected chi connectivity index (χ4v) is 3.65. The second kappa shape index (κ2) is 10.3. The van der Waals surface area contributed by atoms with Gasteiger partial charge in [-0.3, -0.25) is 4.79 Å². The van der Waals surface area contributed by atoms with Crippen LogP contribution in [0, 0.1) is 0 Å². The SMILES string of the molecule is CCNC(=NCC(C)(O)c1ccsc1)NCCCNC(=O)c1cccs1. The molecule has 6 nitrogen and oxygen atoms in total. The quantitative estimate of drug-likeness (QED) is 0.299. The minimum atomic E-state index is -0.989. The third-order valence-corrected chi connectivity index (χ3v) is 5.26. The minimum Gasteiger partial charge on any atom is -0.383 e. The highest BCUT2D eigenvalue weighted by Crippen LogP contribution is 2.23. The highest BCUT2D eigenvalue weighted by Gasteiger charge is 2.23. The fraction of sp³-hybridized carbons (Fsp3) is 0.444. The van der Waals surface area contributed by atoms with Gasteiger partial charge in [0.05, 0.1) is 11.4 Å². The first-order chi connectivity index (χ1) is 12.5. The zero-order valence-electron chi connectivity index (χ0n) is 15.1. The number of nitrogens with zero attached hydrogens (tertiary/aromatic N) is 1. The lowest BCUT2D eigenvalue weighted by atomic mass is 10.00. The van der Waals surface area contributed by atoms with Crippen molar-refractivity contribution < 1.29 is 9.90 Å². The first-order valence-corrected chi connectivity index (χ1v) is 10.4. The Bertz CT molecular complexity index is 682. The van der Waals surface area contributed by atoms with Crippen molar-refractivity contribution in [1.29, 1.82) is 0 Å². The van der Waals surface area contributed by atoms with Gasteiger partial charge in [-0.25, -0.2) is 4.99 Å². The highest BCUT2D eigenvalue weighted by molar-refractivity contribution is 7.12. The van der Waals surface area contributed by atoms with Crippen LogP contribution in [-0.4, -0.2) is 43.2 Å². The summed E-state index contributed by atoms with van der Waals surface area (Å²) < 4.78 is 0. The van der Waals surface area contributed by atoms with Crippen molar-refractivity contribution in [3.8, 4) is 0 Å². The molecule has 1 atom stereocenters. The Morgan fingerprint density at radius 2 is 2.04 bits per heavy atom. The highest BCUT2D eigenvalue weighted by atomic mass is 32.1. The summed E-state index contributed by atoms with van der Waals surface area (Å²) in [5, 5.41) is 25.6. The molecular formula is C18H26N4O2S2. The van der Waals surface area contributed by atoms with E-state index in [1.54, 1.807) is 18.3 Å². The number of aliphatic imine (C=N–C) groups is 1. The van der Waals surface area contributed by atoms with Gasteiger partial charge in [-0.1, -0.05) is 6.07 Å². The smallest absolute Gasteiger partial charge is 0.261 e. The van der Waals surface area contributed by atoms with Crippen LogP contribution in [0.1, 0.15) is 35.5 Å². The molecule has 0 aliphatic heterocycles. The van der Waals surface area contributed by atoms with Crippen molar-refractivity contribution in [3.63, 3.8) is 0 Å². The van der Waals surface area contributed by atoms with E-state index in [-0.39, 0.29) is 12.5 Å². The fourth-order valence-electron chi connectivity index (χ4n) is 2.23. The topological polar surface area (TPSA) is 85.8 Å². The number of guanidine groups is 1. The molecule has 0 bridgehead atoms. The van der Waals surface area contributed by atoms with Crippen LogP contribution in [0.5, 0.6) is 0 Å². The van der Waals surface area contributed by atoms with Gasteiger partial charge in [0.15, 0.2) is 5.96 Å². The predicted molar refractivity (Wildman–Crippen MR) is 109 cm³/mol. The standard InChI is InChI=1S/C18H26N4O2S2/c1-3-19-17(22-13-18(2,24)14-7-11-25-12-14)21-9-5-8-20-16(23)15-6-4-10-26-15/h4,6-7,10-12,24H,3,5,8-9,13H2,1-2H3,(H,20,23)(H2,19,21,22). The van der Waals surface area contributed by atoms with Crippen LogP contribution in [0.2, 0.25) is 0 Å². The summed E-state index contributed by atoms with van der Waals surface area (Å²) >= 11 is 2.99. The second-order valence-electron chi connectivity index (χ2n) is 5.99. The maximum absolute atomic E-state index is 11.8. The van der Waals surface area contributed by atoms with E-state index in [1.165, 1.54) is 11.3 Å². The molecule has 2 heterocycles. The predicted octanol–water partition coefficient (Wildman–Crippen LogP) is 2.39. The number of hydrogen-bond donors (Lipinski definition) is 4. The van der Waals surface area contributed by atoms with Crippen molar-refractivity contribution in [2.75, 3.05) is 26.2 Å². The molecule has 2 aromatic rings. The molecule has 1 amide bonds.